The number of benzene rings is 1. The zero-order valence-corrected chi connectivity index (χ0v) is 14.8. The smallest absolute Gasteiger partial charge is 0.348 e. The molecule has 7 heteroatoms. The lowest BCUT2D eigenvalue weighted by Gasteiger charge is -2.15. The molecular weight excluding hydrogens is 390 g/mol. The lowest BCUT2D eigenvalue weighted by atomic mass is 10.1. The molecule has 4 nitrogen and oxygen atoms in total. The third-order valence-electron chi connectivity index (χ3n) is 2.86. The van der Waals surface area contributed by atoms with Gasteiger partial charge in [0.05, 0.1) is 10.4 Å². The van der Waals surface area contributed by atoms with E-state index in [1.807, 2.05) is 31.2 Å². The molecule has 1 heterocycles. The Morgan fingerprint density at radius 3 is 2.68 bits per heavy atom. The number of carbonyl (C=O) groups is 2. The van der Waals surface area contributed by atoms with Crippen LogP contribution in [-0.4, -0.2) is 18.5 Å². The second-order valence-electron chi connectivity index (χ2n) is 4.49. The Bertz CT molecular complexity index is 689. The van der Waals surface area contributed by atoms with E-state index in [2.05, 4.69) is 21.2 Å². The number of hydrogen-bond acceptors (Lipinski definition) is 4. The van der Waals surface area contributed by atoms with Crippen molar-refractivity contribution >= 4 is 50.7 Å². The van der Waals surface area contributed by atoms with Gasteiger partial charge in [-0.1, -0.05) is 45.7 Å². The number of rotatable bonds is 5. The van der Waals surface area contributed by atoms with Crippen molar-refractivity contribution in [3.63, 3.8) is 0 Å². The van der Waals surface area contributed by atoms with Crippen molar-refractivity contribution in [2.75, 3.05) is 6.61 Å². The van der Waals surface area contributed by atoms with Crippen molar-refractivity contribution < 1.29 is 14.3 Å². The van der Waals surface area contributed by atoms with Gasteiger partial charge < -0.3 is 10.1 Å². The van der Waals surface area contributed by atoms with E-state index in [0.29, 0.717) is 9.21 Å². The highest BCUT2D eigenvalue weighted by molar-refractivity contribution is 9.10. The Labute approximate surface area is 145 Å². The highest BCUT2D eigenvalue weighted by Gasteiger charge is 2.15. The monoisotopic (exact) mass is 401 g/mol. The van der Waals surface area contributed by atoms with E-state index < -0.39 is 5.97 Å². The standard InChI is InChI=1S/C15H13BrClNO3S/c1-9(10-4-2-3-5-11(10)16)18-14(19)8-21-15(20)12-6-7-13(17)22-12/h2-7,9H,8H2,1H3,(H,18,19)/t9-/m1/s1. The summed E-state index contributed by atoms with van der Waals surface area (Å²) in [7, 11) is 0. The molecule has 0 saturated heterocycles. The molecule has 0 unspecified atom stereocenters. The van der Waals surface area contributed by atoms with Crippen molar-refractivity contribution in [3.05, 3.63) is 55.6 Å². The molecule has 116 valence electrons. The average Bonchev–Trinajstić information content (AvgIpc) is 2.91. The van der Waals surface area contributed by atoms with Gasteiger partial charge in [0.1, 0.15) is 4.88 Å². The summed E-state index contributed by atoms with van der Waals surface area (Å²) in [5, 5.41) is 2.78. The lowest BCUT2D eigenvalue weighted by Crippen LogP contribution is -2.31. The van der Waals surface area contributed by atoms with Crippen LogP contribution < -0.4 is 5.32 Å². The molecule has 2 aromatic rings. The van der Waals surface area contributed by atoms with Crippen LogP contribution in [0.2, 0.25) is 4.34 Å². The van der Waals surface area contributed by atoms with Crippen molar-refractivity contribution in [1.29, 1.82) is 0 Å². The van der Waals surface area contributed by atoms with Gasteiger partial charge in [-0.15, -0.1) is 11.3 Å². The molecule has 1 amide bonds. The molecule has 2 rings (SSSR count). The van der Waals surface area contributed by atoms with Crippen LogP contribution in [0.4, 0.5) is 0 Å². The number of esters is 1. The Hall–Kier alpha value is -1.37. The number of halogens is 2. The van der Waals surface area contributed by atoms with Gasteiger partial charge >= 0.3 is 5.97 Å². The molecular formula is C15H13BrClNO3S. The van der Waals surface area contributed by atoms with Crippen molar-refractivity contribution in [3.8, 4) is 0 Å². The Morgan fingerprint density at radius 1 is 1.32 bits per heavy atom. The topological polar surface area (TPSA) is 55.4 Å². The zero-order chi connectivity index (χ0) is 16.1. The van der Waals surface area contributed by atoms with Gasteiger partial charge in [0.2, 0.25) is 0 Å². The number of ether oxygens (including phenoxy) is 1. The van der Waals surface area contributed by atoms with Gasteiger partial charge in [-0.05, 0) is 30.7 Å². The maximum atomic E-state index is 11.9. The highest BCUT2D eigenvalue weighted by atomic mass is 79.9. The van der Waals surface area contributed by atoms with E-state index in [9.17, 15) is 9.59 Å². The highest BCUT2D eigenvalue weighted by Crippen LogP contribution is 2.23. The third kappa shape index (κ3) is 4.56. The van der Waals surface area contributed by atoms with Crippen LogP contribution in [0, 0.1) is 0 Å². The second-order valence-corrected chi connectivity index (χ2v) is 7.06. The molecule has 1 N–H and O–H groups in total. The summed E-state index contributed by atoms with van der Waals surface area (Å²) in [6.45, 7) is 1.53. The molecule has 1 aromatic carbocycles. The van der Waals surface area contributed by atoms with Gasteiger partial charge in [0.25, 0.3) is 5.91 Å². The summed E-state index contributed by atoms with van der Waals surface area (Å²) in [6.07, 6.45) is 0. The molecule has 22 heavy (non-hydrogen) atoms. The minimum Gasteiger partial charge on any atom is -0.451 e. The quantitative estimate of drug-likeness (QED) is 0.763. The third-order valence-corrected chi connectivity index (χ3v) is 4.79. The summed E-state index contributed by atoms with van der Waals surface area (Å²) in [6, 6.07) is 10.6. The van der Waals surface area contributed by atoms with Crippen LogP contribution in [-0.2, 0) is 9.53 Å². The van der Waals surface area contributed by atoms with Crippen molar-refractivity contribution in [1.82, 2.24) is 5.32 Å². The largest absolute Gasteiger partial charge is 0.451 e. The van der Waals surface area contributed by atoms with Crippen LogP contribution in [0.15, 0.2) is 40.9 Å². The lowest BCUT2D eigenvalue weighted by molar-refractivity contribution is -0.124. The first kappa shape index (κ1) is 17.0. The zero-order valence-electron chi connectivity index (χ0n) is 11.6. The van der Waals surface area contributed by atoms with E-state index in [1.54, 1.807) is 12.1 Å². The summed E-state index contributed by atoms with van der Waals surface area (Å²) in [5.41, 5.74) is 0.951. The summed E-state index contributed by atoms with van der Waals surface area (Å²) in [5.74, 6) is -0.917. The van der Waals surface area contributed by atoms with Crippen LogP contribution in [0.1, 0.15) is 28.2 Å². The fraction of sp³-hybridized carbons (Fsp3) is 0.200. The maximum Gasteiger partial charge on any atom is 0.348 e. The van der Waals surface area contributed by atoms with E-state index >= 15 is 0 Å². The number of carbonyl (C=O) groups excluding carboxylic acids is 2. The van der Waals surface area contributed by atoms with Crippen molar-refractivity contribution in [2.45, 2.75) is 13.0 Å². The van der Waals surface area contributed by atoms with Gasteiger partial charge in [0.15, 0.2) is 6.61 Å². The second kappa shape index (κ2) is 7.76. The molecule has 0 aliphatic heterocycles. The number of nitrogens with one attached hydrogen (secondary N) is 1. The predicted octanol–water partition coefficient (Wildman–Crippen LogP) is 4.20. The molecule has 0 bridgehead atoms. The maximum absolute atomic E-state index is 11.9. The predicted molar refractivity (Wildman–Crippen MR) is 90.3 cm³/mol. The average molecular weight is 403 g/mol. The van der Waals surface area contributed by atoms with E-state index in [0.717, 1.165) is 21.4 Å². The minimum atomic E-state index is -0.555. The van der Waals surface area contributed by atoms with E-state index in [1.165, 1.54) is 0 Å². The van der Waals surface area contributed by atoms with Crippen LogP contribution in [0.3, 0.4) is 0 Å². The van der Waals surface area contributed by atoms with Crippen LogP contribution in [0.25, 0.3) is 0 Å². The molecule has 1 aromatic heterocycles. The first-order valence-corrected chi connectivity index (χ1v) is 8.42. The fourth-order valence-corrected chi connectivity index (χ4v) is 3.38. The van der Waals surface area contributed by atoms with Gasteiger partial charge in [0, 0.05) is 4.47 Å². The minimum absolute atomic E-state index is 0.196. The van der Waals surface area contributed by atoms with Gasteiger partial charge in [-0.25, -0.2) is 4.79 Å². The molecule has 0 aliphatic rings. The molecule has 0 fully saturated rings. The number of hydrogen-bond donors (Lipinski definition) is 1. The van der Waals surface area contributed by atoms with E-state index in [4.69, 9.17) is 16.3 Å². The Morgan fingerprint density at radius 2 is 2.05 bits per heavy atom. The van der Waals surface area contributed by atoms with Gasteiger partial charge in [-0.3, -0.25) is 4.79 Å². The molecule has 0 aliphatic carbocycles. The number of thiophene rings is 1. The summed E-state index contributed by atoms with van der Waals surface area (Å²) in [4.78, 5) is 23.9. The Balaban J connectivity index is 1.85. The van der Waals surface area contributed by atoms with Crippen LogP contribution in [0.5, 0.6) is 0 Å². The molecule has 1 atom stereocenters. The first-order valence-electron chi connectivity index (χ1n) is 6.43. The number of amides is 1. The summed E-state index contributed by atoms with van der Waals surface area (Å²) < 4.78 is 6.37. The molecule has 0 saturated carbocycles. The molecule has 0 spiro atoms. The Kier molecular flexibility index (Phi) is 5.99. The van der Waals surface area contributed by atoms with Gasteiger partial charge in [-0.2, -0.15) is 0 Å². The molecule has 0 radical (unpaired) electrons. The van der Waals surface area contributed by atoms with E-state index in [-0.39, 0.29) is 18.6 Å². The fourth-order valence-electron chi connectivity index (χ4n) is 1.81. The van der Waals surface area contributed by atoms with Crippen molar-refractivity contribution in [2.24, 2.45) is 0 Å². The normalized spacial score (nSPS) is 11.8. The SMILES string of the molecule is C[C@@H](NC(=O)COC(=O)c1ccc(Cl)s1)c1ccccc1Br. The summed E-state index contributed by atoms with van der Waals surface area (Å²) >= 11 is 10.3. The first-order chi connectivity index (χ1) is 10.5. The van der Waals surface area contributed by atoms with Crippen LogP contribution >= 0.6 is 38.9 Å².